The van der Waals surface area contributed by atoms with Crippen molar-refractivity contribution in [2.45, 2.75) is 12.3 Å². The molecule has 2 nitrogen and oxygen atoms in total. The van der Waals surface area contributed by atoms with Crippen LogP contribution in [0.15, 0.2) is 48.5 Å². The van der Waals surface area contributed by atoms with Crippen molar-refractivity contribution in [2.24, 2.45) is 0 Å². The Bertz CT molecular complexity index is 557. The van der Waals surface area contributed by atoms with Gasteiger partial charge in [-0.15, -0.1) is 11.6 Å². The number of hydrogen-bond donors (Lipinski definition) is 0. The molecule has 0 aromatic heterocycles. The zero-order valence-corrected chi connectivity index (χ0v) is 12.6. The van der Waals surface area contributed by atoms with Crippen LogP contribution in [0, 0.1) is 5.82 Å². The Morgan fingerprint density at radius 1 is 1.05 bits per heavy atom. The average molecular weight is 309 g/mol. The van der Waals surface area contributed by atoms with Crippen molar-refractivity contribution in [2.75, 3.05) is 19.6 Å². The van der Waals surface area contributed by atoms with Gasteiger partial charge in [0.25, 0.3) is 0 Å². The van der Waals surface area contributed by atoms with E-state index in [1.54, 1.807) is 19.2 Å². The van der Waals surface area contributed by atoms with Gasteiger partial charge in [-0.05, 0) is 42.3 Å². The SMILES string of the molecule is COc1ccc(OCCC(CCl)c2ccccc2F)cc1. The normalized spacial score (nSPS) is 12.0. The Kier molecular flexibility index (Phi) is 5.88. The van der Waals surface area contributed by atoms with Gasteiger partial charge in [0.1, 0.15) is 17.3 Å². The minimum Gasteiger partial charge on any atom is -0.497 e. The zero-order chi connectivity index (χ0) is 15.1. The predicted molar refractivity (Wildman–Crippen MR) is 83.0 cm³/mol. The van der Waals surface area contributed by atoms with Gasteiger partial charge in [-0.3, -0.25) is 0 Å². The van der Waals surface area contributed by atoms with Crippen molar-refractivity contribution >= 4 is 11.6 Å². The maximum atomic E-state index is 13.7. The van der Waals surface area contributed by atoms with Crippen LogP contribution in [0.25, 0.3) is 0 Å². The number of ether oxygens (including phenoxy) is 2. The monoisotopic (exact) mass is 308 g/mol. The summed E-state index contributed by atoms with van der Waals surface area (Å²) in [6.45, 7) is 0.484. The number of hydrogen-bond acceptors (Lipinski definition) is 2. The Morgan fingerprint density at radius 2 is 1.71 bits per heavy atom. The molecule has 2 aromatic rings. The molecule has 0 aliphatic carbocycles. The van der Waals surface area contributed by atoms with E-state index in [2.05, 4.69) is 0 Å². The standard InChI is InChI=1S/C17H18ClFO2/c1-20-14-6-8-15(9-7-14)21-11-10-13(12-18)16-4-2-3-5-17(16)19/h2-9,13H,10-12H2,1H3. The predicted octanol–water partition coefficient (Wildman–Crippen LogP) is 4.63. The lowest BCUT2D eigenvalue weighted by Crippen LogP contribution is -2.09. The molecule has 0 N–H and O–H groups in total. The first kappa shape index (κ1) is 15.6. The topological polar surface area (TPSA) is 18.5 Å². The van der Waals surface area contributed by atoms with E-state index in [0.717, 1.165) is 11.5 Å². The molecule has 0 radical (unpaired) electrons. The molecule has 0 spiro atoms. The van der Waals surface area contributed by atoms with Crippen molar-refractivity contribution < 1.29 is 13.9 Å². The molecule has 112 valence electrons. The maximum absolute atomic E-state index is 13.7. The molecule has 1 unspecified atom stereocenters. The van der Waals surface area contributed by atoms with Crippen LogP contribution in [0.2, 0.25) is 0 Å². The first-order chi connectivity index (χ1) is 10.2. The van der Waals surface area contributed by atoms with Crippen LogP contribution < -0.4 is 9.47 Å². The van der Waals surface area contributed by atoms with Gasteiger partial charge >= 0.3 is 0 Å². The van der Waals surface area contributed by atoms with Crippen LogP contribution in [-0.2, 0) is 0 Å². The van der Waals surface area contributed by atoms with E-state index in [9.17, 15) is 4.39 Å². The summed E-state index contributed by atoms with van der Waals surface area (Å²) in [5, 5.41) is 0. The van der Waals surface area contributed by atoms with Gasteiger partial charge in [0, 0.05) is 11.8 Å². The third-order valence-electron chi connectivity index (χ3n) is 3.33. The second-order valence-electron chi connectivity index (χ2n) is 4.69. The number of halogens is 2. The Hall–Kier alpha value is -1.74. The lowest BCUT2D eigenvalue weighted by Gasteiger charge is -2.15. The number of methoxy groups -OCH3 is 1. The molecule has 0 bridgehead atoms. The van der Waals surface area contributed by atoms with E-state index in [1.807, 2.05) is 30.3 Å². The third-order valence-corrected chi connectivity index (χ3v) is 3.70. The Balaban J connectivity index is 1.90. The number of benzene rings is 2. The van der Waals surface area contributed by atoms with Crippen molar-refractivity contribution in [1.82, 2.24) is 0 Å². The van der Waals surface area contributed by atoms with Crippen LogP contribution in [0.4, 0.5) is 4.39 Å². The fourth-order valence-electron chi connectivity index (χ4n) is 2.11. The molecule has 0 saturated heterocycles. The van der Waals surface area contributed by atoms with Crippen molar-refractivity contribution in [3.8, 4) is 11.5 Å². The van der Waals surface area contributed by atoms with Gasteiger partial charge in [-0.2, -0.15) is 0 Å². The Labute approximate surface area is 129 Å². The highest BCUT2D eigenvalue weighted by molar-refractivity contribution is 6.18. The molecule has 0 saturated carbocycles. The second-order valence-corrected chi connectivity index (χ2v) is 4.99. The highest BCUT2D eigenvalue weighted by atomic mass is 35.5. The molecule has 1 atom stereocenters. The summed E-state index contributed by atoms with van der Waals surface area (Å²) in [6, 6.07) is 14.1. The Morgan fingerprint density at radius 3 is 2.33 bits per heavy atom. The van der Waals surface area contributed by atoms with Crippen molar-refractivity contribution in [1.29, 1.82) is 0 Å². The molecule has 0 aliphatic rings. The molecular formula is C17H18ClFO2. The smallest absolute Gasteiger partial charge is 0.126 e. The van der Waals surface area contributed by atoms with Gasteiger partial charge in [-0.1, -0.05) is 18.2 Å². The van der Waals surface area contributed by atoms with Crippen LogP contribution in [0.3, 0.4) is 0 Å². The summed E-state index contributed by atoms with van der Waals surface area (Å²) in [5.74, 6) is 1.65. The fourth-order valence-corrected chi connectivity index (χ4v) is 2.43. The molecule has 4 heteroatoms. The van der Waals surface area contributed by atoms with Gasteiger partial charge in [0.15, 0.2) is 0 Å². The van der Waals surface area contributed by atoms with E-state index in [-0.39, 0.29) is 11.7 Å². The molecule has 0 heterocycles. The third kappa shape index (κ3) is 4.36. The van der Waals surface area contributed by atoms with E-state index in [4.69, 9.17) is 21.1 Å². The average Bonchev–Trinajstić information content (AvgIpc) is 2.53. The summed E-state index contributed by atoms with van der Waals surface area (Å²) in [4.78, 5) is 0. The van der Waals surface area contributed by atoms with E-state index < -0.39 is 0 Å². The van der Waals surface area contributed by atoms with Crippen LogP contribution in [-0.4, -0.2) is 19.6 Å². The van der Waals surface area contributed by atoms with Crippen molar-refractivity contribution in [3.05, 3.63) is 59.9 Å². The van der Waals surface area contributed by atoms with Crippen LogP contribution in [0.5, 0.6) is 11.5 Å². The summed E-state index contributed by atoms with van der Waals surface area (Å²) in [5.41, 5.74) is 0.644. The first-order valence-electron chi connectivity index (χ1n) is 6.82. The molecular weight excluding hydrogens is 291 g/mol. The summed E-state index contributed by atoms with van der Waals surface area (Å²) < 4.78 is 24.5. The van der Waals surface area contributed by atoms with E-state index in [1.165, 1.54) is 6.07 Å². The van der Waals surface area contributed by atoms with Crippen LogP contribution in [0.1, 0.15) is 17.9 Å². The number of alkyl halides is 1. The van der Waals surface area contributed by atoms with E-state index >= 15 is 0 Å². The van der Waals surface area contributed by atoms with Crippen LogP contribution >= 0.6 is 11.6 Å². The van der Waals surface area contributed by atoms with E-state index in [0.29, 0.717) is 24.5 Å². The first-order valence-corrected chi connectivity index (χ1v) is 7.35. The molecule has 0 aliphatic heterocycles. The molecule has 2 rings (SSSR count). The maximum Gasteiger partial charge on any atom is 0.126 e. The molecule has 21 heavy (non-hydrogen) atoms. The lowest BCUT2D eigenvalue weighted by molar-refractivity contribution is 0.299. The fraction of sp³-hybridized carbons (Fsp3) is 0.294. The summed E-state index contributed by atoms with van der Waals surface area (Å²) in [6.07, 6.45) is 0.663. The van der Waals surface area contributed by atoms with Gasteiger partial charge < -0.3 is 9.47 Å². The summed E-state index contributed by atoms with van der Waals surface area (Å²) >= 11 is 5.96. The highest BCUT2D eigenvalue weighted by Crippen LogP contribution is 2.24. The largest absolute Gasteiger partial charge is 0.497 e. The highest BCUT2D eigenvalue weighted by Gasteiger charge is 2.14. The minimum absolute atomic E-state index is 0.0499. The lowest BCUT2D eigenvalue weighted by atomic mass is 9.97. The van der Waals surface area contributed by atoms with Crippen molar-refractivity contribution in [3.63, 3.8) is 0 Å². The zero-order valence-electron chi connectivity index (χ0n) is 11.9. The van der Waals surface area contributed by atoms with Gasteiger partial charge in [0.2, 0.25) is 0 Å². The minimum atomic E-state index is -0.215. The number of rotatable bonds is 7. The molecule has 0 amide bonds. The molecule has 2 aromatic carbocycles. The summed E-state index contributed by atoms with van der Waals surface area (Å²) in [7, 11) is 1.62. The molecule has 0 fully saturated rings. The quantitative estimate of drug-likeness (QED) is 0.695. The van der Waals surface area contributed by atoms with Gasteiger partial charge in [-0.25, -0.2) is 4.39 Å². The van der Waals surface area contributed by atoms with Gasteiger partial charge in [0.05, 0.1) is 13.7 Å². The second kappa shape index (κ2) is 7.89.